The molecule has 0 saturated carbocycles. The number of hydrogen-bond donors (Lipinski definition) is 0. The lowest BCUT2D eigenvalue weighted by Crippen LogP contribution is -2.41. The zero-order chi connectivity index (χ0) is 10.1. The van der Waals surface area contributed by atoms with Crippen LogP contribution in [-0.2, 0) is 4.79 Å². The fraction of sp³-hybridized carbons (Fsp3) is 0.727. The molecule has 1 aliphatic heterocycles. The van der Waals surface area contributed by atoms with E-state index in [0.717, 1.165) is 13.0 Å². The Kier molecular flexibility index (Phi) is 2.79. The molecular formula is C11H19NO. The van der Waals surface area contributed by atoms with Crippen molar-refractivity contribution >= 4 is 5.91 Å². The van der Waals surface area contributed by atoms with E-state index in [1.54, 1.807) is 0 Å². The molecule has 2 heteroatoms. The van der Waals surface area contributed by atoms with E-state index in [0.29, 0.717) is 5.92 Å². The van der Waals surface area contributed by atoms with E-state index in [2.05, 4.69) is 19.9 Å². The van der Waals surface area contributed by atoms with Gasteiger partial charge in [0.1, 0.15) is 0 Å². The van der Waals surface area contributed by atoms with E-state index in [9.17, 15) is 4.79 Å². The minimum Gasteiger partial charge on any atom is -0.319 e. The summed E-state index contributed by atoms with van der Waals surface area (Å²) in [5.41, 5.74) is -0.205. The number of amides is 1. The SMILES string of the molecule is CC(C)CN1C=CCC(C)(C)C1=O. The van der Waals surface area contributed by atoms with Crippen LogP contribution in [0.1, 0.15) is 34.1 Å². The minimum atomic E-state index is -0.205. The first-order valence-corrected chi connectivity index (χ1v) is 4.91. The van der Waals surface area contributed by atoms with Gasteiger partial charge >= 0.3 is 0 Å². The normalized spacial score (nSPS) is 21.3. The molecule has 0 aromatic heterocycles. The van der Waals surface area contributed by atoms with Crippen LogP contribution in [0.15, 0.2) is 12.3 Å². The van der Waals surface area contributed by atoms with Crippen molar-refractivity contribution in [2.45, 2.75) is 34.1 Å². The molecule has 0 aliphatic carbocycles. The van der Waals surface area contributed by atoms with Crippen molar-refractivity contribution in [1.82, 2.24) is 4.90 Å². The largest absolute Gasteiger partial charge is 0.319 e. The summed E-state index contributed by atoms with van der Waals surface area (Å²) in [6.45, 7) is 9.10. The summed E-state index contributed by atoms with van der Waals surface area (Å²) in [6, 6.07) is 0. The summed E-state index contributed by atoms with van der Waals surface area (Å²) in [6.07, 6.45) is 4.87. The van der Waals surface area contributed by atoms with Gasteiger partial charge in [0.15, 0.2) is 0 Å². The van der Waals surface area contributed by atoms with E-state index < -0.39 is 0 Å². The van der Waals surface area contributed by atoms with Gasteiger partial charge in [-0.15, -0.1) is 0 Å². The van der Waals surface area contributed by atoms with Gasteiger partial charge in [-0.25, -0.2) is 0 Å². The lowest BCUT2D eigenvalue weighted by Gasteiger charge is -2.33. The Balaban J connectivity index is 2.71. The predicted molar refractivity (Wildman–Crippen MR) is 54.1 cm³/mol. The van der Waals surface area contributed by atoms with Crippen LogP contribution in [0.2, 0.25) is 0 Å². The van der Waals surface area contributed by atoms with Gasteiger partial charge in [-0.1, -0.05) is 33.8 Å². The second-order valence-corrected chi connectivity index (χ2v) is 4.82. The molecule has 13 heavy (non-hydrogen) atoms. The van der Waals surface area contributed by atoms with E-state index in [-0.39, 0.29) is 11.3 Å². The van der Waals surface area contributed by atoms with E-state index in [1.807, 2.05) is 24.9 Å². The average Bonchev–Trinajstić information content (AvgIpc) is 1.98. The maximum absolute atomic E-state index is 11.9. The maximum Gasteiger partial charge on any atom is 0.232 e. The van der Waals surface area contributed by atoms with Gasteiger partial charge in [0.25, 0.3) is 0 Å². The molecule has 0 aromatic carbocycles. The van der Waals surface area contributed by atoms with Crippen LogP contribution < -0.4 is 0 Å². The highest BCUT2D eigenvalue weighted by Gasteiger charge is 2.32. The molecule has 0 N–H and O–H groups in total. The third-order valence-corrected chi connectivity index (χ3v) is 2.32. The smallest absolute Gasteiger partial charge is 0.232 e. The molecule has 0 aromatic rings. The molecule has 1 heterocycles. The summed E-state index contributed by atoms with van der Waals surface area (Å²) in [5, 5.41) is 0. The summed E-state index contributed by atoms with van der Waals surface area (Å²) in [7, 11) is 0. The van der Waals surface area contributed by atoms with Crippen LogP contribution >= 0.6 is 0 Å². The summed E-state index contributed by atoms with van der Waals surface area (Å²) < 4.78 is 0. The van der Waals surface area contributed by atoms with Crippen molar-refractivity contribution in [1.29, 1.82) is 0 Å². The average molecular weight is 181 g/mol. The first-order valence-electron chi connectivity index (χ1n) is 4.91. The second-order valence-electron chi connectivity index (χ2n) is 4.82. The molecule has 74 valence electrons. The third-order valence-electron chi connectivity index (χ3n) is 2.32. The zero-order valence-corrected chi connectivity index (χ0v) is 9.00. The molecule has 0 fully saturated rings. The number of rotatable bonds is 2. The van der Waals surface area contributed by atoms with Crippen LogP contribution in [0.3, 0.4) is 0 Å². The van der Waals surface area contributed by atoms with Gasteiger partial charge in [-0.2, -0.15) is 0 Å². The number of carbonyl (C=O) groups is 1. The molecule has 0 unspecified atom stereocenters. The highest BCUT2D eigenvalue weighted by Crippen LogP contribution is 2.28. The van der Waals surface area contributed by atoms with Crippen molar-refractivity contribution in [3.8, 4) is 0 Å². The van der Waals surface area contributed by atoms with Crippen LogP contribution in [-0.4, -0.2) is 17.4 Å². The molecule has 1 amide bonds. The van der Waals surface area contributed by atoms with Gasteiger partial charge in [-0.05, 0) is 12.3 Å². The van der Waals surface area contributed by atoms with Crippen LogP contribution in [0, 0.1) is 11.3 Å². The second kappa shape index (κ2) is 3.52. The highest BCUT2D eigenvalue weighted by molar-refractivity contribution is 5.84. The molecule has 1 rings (SSSR count). The first kappa shape index (κ1) is 10.3. The lowest BCUT2D eigenvalue weighted by atomic mass is 9.85. The minimum absolute atomic E-state index is 0.205. The Morgan fingerprint density at radius 3 is 2.69 bits per heavy atom. The Morgan fingerprint density at radius 2 is 2.15 bits per heavy atom. The van der Waals surface area contributed by atoms with Crippen molar-refractivity contribution in [2.75, 3.05) is 6.54 Å². The predicted octanol–water partition coefficient (Wildman–Crippen LogP) is 2.41. The Morgan fingerprint density at radius 1 is 1.54 bits per heavy atom. The van der Waals surface area contributed by atoms with Gasteiger partial charge in [0, 0.05) is 18.2 Å². The van der Waals surface area contributed by atoms with Crippen LogP contribution in [0.25, 0.3) is 0 Å². The number of carbonyl (C=O) groups excluding carboxylic acids is 1. The molecule has 0 saturated heterocycles. The fourth-order valence-electron chi connectivity index (χ4n) is 1.56. The first-order chi connectivity index (χ1) is 5.93. The summed E-state index contributed by atoms with van der Waals surface area (Å²) in [5.74, 6) is 0.784. The number of hydrogen-bond acceptors (Lipinski definition) is 1. The van der Waals surface area contributed by atoms with Gasteiger partial charge in [0.05, 0.1) is 0 Å². The van der Waals surface area contributed by atoms with Gasteiger partial charge < -0.3 is 4.90 Å². The Labute approximate surface area is 80.6 Å². The molecule has 0 radical (unpaired) electrons. The standard InChI is InChI=1S/C11H19NO/c1-9(2)8-12-7-5-6-11(3,4)10(12)13/h5,7,9H,6,8H2,1-4H3. The van der Waals surface area contributed by atoms with Crippen molar-refractivity contribution in [3.63, 3.8) is 0 Å². The monoisotopic (exact) mass is 181 g/mol. The summed E-state index contributed by atoms with van der Waals surface area (Å²) >= 11 is 0. The summed E-state index contributed by atoms with van der Waals surface area (Å²) in [4.78, 5) is 13.7. The molecule has 0 atom stereocenters. The highest BCUT2D eigenvalue weighted by atomic mass is 16.2. The third kappa shape index (κ3) is 2.33. The zero-order valence-electron chi connectivity index (χ0n) is 9.00. The van der Waals surface area contributed by atoms with E-state index >= 15 is 0 Å². The van der Waals surface area contributed by atoms with Crippen LogP contribution in [0.5, 0.6) is 0 Å². The van der Waals surface area contributed by atoms with Crippen molar-refractivity contribution < 1.29 is 4.79 Å². The van der Waals surface area contributed by atoms with E-state index in [1.165, 1.54) is 0 Å². The quantitative estimate of drug-likeness (QED) is 0.640. The molecule has 2 nitrogen and oxygen atoms in total. The van der Waals surface area contributed by atoms with E-state index in [4.69, 9.17) is 0 Å². The van der Waals surface area contributed by atoms with Crippen molar-refractivity contribution in [2.24, 2.45) is 11.3 Å². The number of allylic oxidation sites excluding steroid dienone is 1. The number of nitrogens with zero attached hydrogens (tertiary/aromatic N) is 1. The fourth-order valence-corrected chi connectivity index (χ4v) is 1.56. The molecule has 0 bridgehead atoms. The lowest BCUT2D eigenvalue weighted by molar-refractivity contribution is -0.138. The van der Waals surface area contributed by atoms with Gasteiger partial charge in [-0.3, -0.25) is 4.79 Å². The molecule has 0 spiro atoms. The topological polar surface area (TPSA) is 20.3 Å². The maximum atomic E-state index is 11.9. The van der Waals surface area contributed by atoms with Gasteiger partial charge in [0.2, 0.25) is 5.91 Å². The molecular weight excluding hydrogens is 162 g/mol. The Hall–Kier alpha value is -0.790. The van der Waals surface area contributed by atoms with Crippen LogP contribution in [0.4, 0.5) is 0 Å². The Bertz CT molecular complexity index is 228. The molecule has 1 aliphatic rings. The van der Waals surface area contributed by atoms with Crippen molar-refractivity contribution in [3.05, 3.63) is 12.3 Å².